The van der Waals surface area contributed by atoms with E-state index >= 15 is 0 Å². The van der Waals surface area contributed by atoms with Gasteiger partial charge in [0.2, 0.25) is 6.10 Å². The van der Waals surface area contributed by atoms with Crippen molar-refractivity contribution in [3.63, 3.8) is 0 Å². The summed E-state index contributed by atoms with van der Waals surface area (Å²) >= 11 is 0. The summed E-state index contributed by atoms with van der Waals surface area (Å²) in [6, 6.07) is 2.81. The highest BCUT2D eigenvalue weighted by molar-refractivity contribution is 5.68. The number of halogens is 1. The molecule has 0 aliphatic carbocycles. The van der Waals surface area contributed by atoms with Gasteiger partial charge < -0.3 is 25.1 Å². The van der Waals surface area contributed by atoms with Gasteiger partial charge in [-0.1, -0.05) is 0 Å². The molecule has 1 saturated heterocycles. The first-order chi connectivity index (χ1) is 12.7. The zero-order valence-electron chi connectivity index (χ0n) is 14.4. The number of nitrogens with zero attached hydrogens (tertiary/aromatic N) is 3. The number of nitrogen functional groups attached to an aromatic ring is 1. The molecule has 146 valence electrons. The smallest absolute Gasteiger partial charge is 0.352 e. The maximum absolute atomic E-state index is 13.9. The molecule has 0 radical (unpaired) electrons. The lowest BCUT2D eigenvalue weighted by atomic mass is 9.94. The van der Waals surface area contributed by atoms with Gasteiger partial charge in [-0.15, -0.1) is 0 Å². The second kappa shape index (κ2) is 7.29. The van der Waals surface area contributed by atoms with Gasteiger partial charge in [0.05, 0.1) is 6.61 Å². The molecule has 12 heteroatoms. The van der Waals surface area contributed by atoms with Crippen molar-refractivity contribution in [3.8, 4) is 6.07 Å². The van der Waals surface area contributed by atoms with Crippen molar-refractivity contribution < 1.29 is 33.3 Å². The number of carbonyl (C=O) groups excluding carboxylic acids is 2. The highest BCUT2D eigenvalue weighted by Gasteiger charge is 2.68. The number of nitrogens with two attached hydrogens (primary N) is 1. The zero-order chi connectivity index (χ0) is 20.4. The van der Waals surface area contributed by atoms with Crippen LogP contribution in [0.2, 0.25) is 0 Å². The van der Waals surface area contributed by atoms with Gasteiger partial charge in [0.1, 0.15) is 18.6 Å². The van der Waals surface area contributed by atoms with Gasteiger partial charge in [0, 0.05) is 20.0 Å². The normalized spacial score (nSPS) is 29.7. The molecule has 3 N–H and O–H groups in total. The van der Waals surface area contributed by atoms with Crippen molar-refractivity contribution in [2.24, 2.45) is 0 Å². The number of hydrogen-bond acceptors (Lipinski definition) is 10. The number of hydrogen-bond donors (Lipinski definition) is 2. The molecule has 0 aromatic carbocycles. The molecular weight excluding hydrogens is 367 g/mol. The van der Waals surface area contributed by atoms with Crippen molar-refractivity contribution in [1.82, 2.24) is 9.55 Å². The minimum atomic E-state index is -2.47. The van der Waals surface area contributed by atoms with E-state index in [1.165, 1.54) is 0 Å². The summed E-state index contributed by atoms with van der Waals surface area (Å²) in [4.78, 5) is 38.8. The molecule has 11 nitrogen and oxygen atoms in total. The van der Waals surface area contributed by atoms with Crippen LogP contribution in [0.25, 0.3) is 0 Å². The number of ether oxygens (including phenoxy) is 3. The van der Waals surface area contributed by atoms with E-state index in [1.54, 1.807) is 6.07 Å². The average molecular weight is 384 g/mol. The van der Waals surface area contributed by atoms with Crippen molar-refractivity contribution in [2.75, 3.05) is 19.0 Å². The Morgan fingerprint density at radius 3 is 2.48 bits per heavy atom. The Balaban J connectivity index is 2.77. The van der Waals surface area contributed by atoms with Crippen LogP contribution in [0.3, 0.4) is 0 Å². The topological polar surface area (TPSA) is 167 Å². The Labute approximate surface area is 152 Å². The Morgan fingerprint density at radius 1 is 1.44 bits per heavy atom. The predicted octanol–water partition coefficient (Wildman–Crippen LogP) is -1.40. The summed E-state index contributed by atoms with van der Waals surface area (Å²) in [5, 5.41) is 19.5. The summed E-state index contributed by atoms with van der Waals surface area (Å²) in [6.07, 6.45) is -2.48. The van der Waals surface area contributed by atoms with E-state index in [0.29, 0.717) is 4.57 Å². The van der Waals surface area contributed by atoms with E-state index in [9.17, 15) is 29.1 Å². The lowest BCUT2D eigenvalue weighted by molar-refractivity contribution is -0.181. The van der Waals surface area contributed by atoms with E-state index in [4.69, 9.17) is 19.9 Å². The monoisotopic (exact) mass is 384 g/mol. The van der Waals surface area contributed by atoms with Crippen molar-refractivity contribution >= 4 is 17.8 Å². The van der Waals surface area contributed by atoms with Gasteiger partial charge in [0.15, 0.2) is 11.7 Å². The first kappa shape index (κ1) is 20.3. The molecule has 4 atom stereocenters. The minimum Gasteiger partial charge on any atom is -0.455 e. The fourth-order valence-electron chi connectivity index (χ4n) is 2.84. The number of carbonyl (C=O) groups is 2. The number of aromatic nitrogens is 2. The molecule has 0 bridgehead atoms. The SMILES string of the molecule is CC(=O)O[C@@H]1[C@H](OC(C)=O)[C@](CO)(CF)O[C@@]1(C#N)n1ccc(N)nc1=O. The summed E-state index contributed by atoms with van der Waals surface area (Å²) in [5.74, 6) is -2.00. The van der Waals surface area contributed by atoms with Crippen LogP contribution in [-0.4, -0.2) is 57.7 Å². The van der Waals surface area contributed by atoms with Crippen LogP contribution in [0.1, 0.15) is 13.8 Å². The third kappa shape index (κ3) is 3.34. The van der Waals surface area contributed by atoms with Gasteiger partial charge in [-0.3, -0.25) is 14.2 Å². The van der Waals surface area contributed by atoms with Crippen molar-refractivity contribution in [2.45, 2.75) is 37.4 Å². The standard InChI is InChI=1S/C15H17FN4O7/c1-8(22)25-11-12(26-9(2)23)15(6-17,27-14(11,5-16)7-21)20-4-3-10(18)19-13(20)24/h3-4,11-12,21H,5,7H2,1-2H3,(H2,18,19,24)/t11-,12+,14+,15+/m0/s1. The molecule has 0 amide bonds. The third-order valence-corrected chi connectivity index (χ3v) is 3.96. The molecule has 0 saturated carbocycles. The quantitative estimate of drug-likeness (QED) is 0.576. The highest BCUT2D eigenvalue weighted by Crippen LogP contribution is 2.44. The Bertz CT molecular complexity index is 847. The number of aliphatic hydroxyl groups excluding tert-OH is 1. The molecule has 1 aromatic rings. The van der Waals surface area contributed by atoms with Crippen molar-refractivity contribution in [3.05, 3.63) is 22.7 Å². The minimum absolute atomic E-state index is 0.165. The first-order valence-corrected chi connectivity index (χ1v) is 7.64. The number of rotatable bonds is 5. The predicted molar refractivity (Wildman–Crippen MR) is 84.5 cm³/mol. The first-order valence-electron chi connectivity index (χ1n) is 7.64. The van der Waals surface area contributed by atoms with Gasteiger partial charge in [-0.2, -0.15) is 10.2 Å². The van der Waals surface area contributed by atoms with E-state index in [1.807, 2.05) is 0 Å². The summed E-state index contributed by atoms with van der Waals surface area (Å²) in [6.45, 7) is -0.473. The van der Waals surface area contributed by atoms with Crippen LogP contribution in [0, 0.1) is 11.3 Å². The number of alkyl halides is 1. The fourth-order valence-corrected chi connectivity index (χ4v) is 2.84. The molecule has 1 aliphatic heterocycles. The molecule has 1 aliphatic rings. The lowest BCUT2D eigenvalue weighted by Crippen LogP contribution is -2.53. The van der Waals surface area contributed by atoms with Crippen LogP contribution < -0.4 is 11.4 Å². The highest BCUT2D eigenvalue weighted by atomic mass is 19.1. The number of anilines is 1. The number of aliphatic hydroxyl groups is 1. The molecule has 1 aromatic heterocycles. The molecule has 1 fully saturated rings. The number of esters is 2. The maximum Gasteiger partial charge on any atom is 0.352 e. The molecular formula is C15H17FN4O7. The van der Waals surface area contributed by atoms with Crippen LogP contribution in [0.15, 0.2) is 17.1 Å². The summed E-state index contributed by atoms with van der Waals surface area (Å²) in [5.41, 5.74) is -0.380. The van der Waals surface area contributed by atoms with E-state index in [-0.39, 0.29) is 5.82 Å². The molecule has 0 spiro atoms. The Morgan fingerprint density at radius 2 is 2.04 bits per heavy atom. The van der Waals surface area contributed by atoms with Gasteiger partial charge in [0.25, 0.3) is 5.72 Å². The van der Waals surface area contributed by atoms with Crippen LogP contribution in [0.4, 0.5) is 10.2 Å². The largest absolute Gasteiger partial charge is 0.455 e. The molecule has 0 unspecified atom stereocenters. The molecule has 2 heterocycles. The van der Waals surface area contributed by atoms with E-state index in [2.05, 4.69) is 4.98 Å². The Hall–Kier alpha value is -3.04. The van der Waals surface area contributed by atoms with Crippen LogP contribution >= 0.6 is 0 Å². The molecule has 2 rings (SSSR count). The second-order valence-corrected chi connectivity index (χ2v) is 5.83. The second-order valence-electron chi connectivity index (χ2n) is 5.83. The fraction of sp³-hybridized carbons (Fsp3) is 0.533. The van der Waals surface area contributed by atoms with Gasteiger partial charge in [-0.25, -0.2) is 9.18 Å². The summed E-state index contributed by atoms with van der Waals surface area (Å²) < 4.78 is 30.0. The van der Waals surface area contributed by atoms with Crippen LogP contribution in [-0.2, 0) is 29.5 Å². The maximum atomic E-state index is 13.9. The number of nitriles is 1. The molecule has 27 heavy (non-hydrogen) atoms. The van der Waals surface area contributed by atoms with Crippen molar-refractivity contribution in [1.29, 1.82) is 5.26 Å². The summed E-state index contributed by atoms with van der Waals surface area (Å²) in [7, 11) is 0. The van der Waals surface area contributed by atoms with Crippen LogP contribution in [0.5, 0.6) is 0 Å². The van der Waals surface area contributed by atoms with Gasteiger partial charge >= 0.3 is 17.6 Å². The third-order valence-electron chi connectivity index (χ3n) is 3.96. The Kier molecular flexibility index (Phi) is 5.48. The van der Waals surface area contributed by atoms with E-state index < -0.39 is 54.4 Å². The zero-order valence-corrected chi connectivity index (χ0v) is 14.4. The van der Waals surface area contributed by atoms with E-state index in [0.717, 1.165) is 26.1 Å². The van der Waals surface area contributed by atoms with Gasteiger partial charge in [-0.05, 0) is 6.07 Å². The average Bonchev–Trinajstić information content (AvgIpc) is 2.85. The lowest BCUT2D eigenvalue weighted by Gasteiger charge is -2.29.